The Labute approximate surface area is 159 Å². The van der Waals surface area contributed by atoms with Crippen LogP contribution in [0.1, 0.15) is 40.6 Å². The minimum atomic E-state index is -0.0673. The maximum atomic E-state index is 12.6. The fourth-order valence-corrected chi connectivity index (χ4v) is 4.14. The number of piperazine rings is 1. The molecule has 2 N–H and O–H groups in total. The lowest BCUT2D eigenvalue weighted by atomic mass is 9.88. The summed E-state index contributed by atoms with van der Waals surface area (Å²) in [5, 5.41) is 3.22. The maximum Gasteiger partial charge on any atom is 0.289 e. The monoisotopic (exact) mass is 368 g/mol. The van der Waals surface area contributed by atoms with Gasteiger partial charge in [0.1, 0.15) is 0 Å². The van der Waals surface area contributed by atoms with Gasteiger partial charge in [-0.25, -0.2) is 0 Å². The van der Waals surface area contributed by atoms with Crippen molar-refractivity contribution in [3.05, 3.63) is 59.5 Å². The first-order valence-corrected chi connectivity index (χ1v) is 9.74. The lowest BCUT2D eigenvalue weighted by Gasteiger charge is -2.32. The molecule has 4 rings (SSSR count). The first-order chi connectivity index (χ1) is 13.2. The Morgan fingerprint density at radius 3 is 2.74 bits per heavy atom. The molecule has 6 heteroatoms. The Morgan fingerprint density at radius 1 is 1.15 bits per heavy atom. The molecule has 0 bridgehead atoms. The van der Waals surface area contributed by atoms with Gasteiger partial charge in [0.15, 0.2) is 12.3 Å². The van der Waals surface area contributed by atoms with Crippen molar-refractivity contribution in [2.24, 2.45) is 0 Å². The number of carbonyl (C=O) groups excluding carboxylic acids is 2. The van der Waals surface area contributed by atoms with E-state index in [1.807, 2.05) is 6.07 Å². The number of fused-ring (bicyclic) bond motifs is 1. The molecule has 0 saturated carbocycles. The van der Waals surface area contributed by atoms with Crippen LogP contribution in [0.4, 0.5) is 0 Å². The highest BCUT2D eigenvalue weighted by molar-refractivity contribution is 5.91. The summed E-state index contributed by atoms with van der Waals surface area (Å²) in [6.45, 7) is 3.31. The van der Waals surface area contributed by atoms with Gasteiger partial charge in [0.05, 0.1) is 38.5 Å². The van der Waals surface area contributed by atoms with E-state index in [9.17, 15) is 9.59 Å². The van der Waals surface area contributed by atoms with E-state index in [1.54, 1.807) is 17.0 Å². The van der Waals surface area contributed by atoms with Crippen molar-refractivity contribution in [2.45, 2.75) is 25.3 Å². The predicted molar refractivity (Wildman–Crippen MR) is 100 cm³/mol. The zero-order valence-electron chi connectivity index (χ0n) is 15.4. The first kappa shape index (κ1) is 17.8. The number of amides is 2. The summed E-state index contributed by atoms with van der Waals surface area (Å²) in [7, 11) is 0. The predicted octanol–water partition coefficient (Wildman–Crippen LogP) is 0.814. The molecule has 2 aliphatic rings. The van der Waals surface area contributed by atoms with Gasteiger partial charge in [-0.1, -0.05) is 24.3 Å². The number of carbonyl (C=O) groups is 2. The van der Waals surface area contributed by atoms with Crippen LogP contribution >= 0.6 is 0 Å². The van der Waals surface area contributed by atoms with Crippen LogP contribution in [0, 0.1) is 0 Å². The number of hydrogen-bond acceptors (Lipinski definition) is 3. The standard InChI is InChI=1S/C21H25N3O3/c25-20(22-18-8-3-6-16-5-1-2-7-17(16)18)15-23-10-12-24(13-11-23)21(26)19-9-4-14-27-19/h1-2,4-5,7,9,14,18H,3,6,8,10-13,15H2,(H,22,25)/p+1/t18-/m1/s1. The highest BCUT2D eigenvalue weighted by Crippen LogP contribution is 2.29. The van der Waals surface area contributed by atoms with Crippen LogP contribution in [0.25, 0.3) is 0 Å². The van der Waals surface area contributed by atoms with Crippen LogP contribution in [0.15, 0.2) is 47.1 Å². The number of nitrogens with one attached hydrogen (secondary N) is 2. The quantitative estimate of drug-likeness (QED) is 0.840. The normalized spacial score (nSPS) is 20.1. The van der Waals surface area contributed by atoms with Crippen LogP contribution in [0.2, 0.25) is 0 Å². The summed E-state index contributed by atoms with van der Waals surface area (Å²) in [4.78, 5) is 27.9. The third-order valence-corrected chi connectivity index (χ3v) is 5.60. The minimum absolute atomic E-state index is 0.0673. The molecule has 2 aromatic rings. The van der Waals surface area contributed by atoms with Gasteiger partial charge in [-0.15, -0.1) is 0 Å². The van der Waals surface area contributed by atoms with Crippen LogP contribution in [0.5, 0.6) is 0 Å². The molecule has 1 atom stereocenters. The van der Waals surface area contributed by atoms with Gasteiger partial charge in [-0.3, -0.25) is 9.59 Å². The summed E-state index contributed by atoms with van der Waals surface area (Å²) in [5.74, 6) is 0.409. The van der Waals surface area contributed by atoms with E-state index in [0.29, 0.717) is 25.4 Å². The summed E-state index contributed by atoms with van der Waals surface area (Å²) in [6.07, 6.45) is 4.73. The van der Waals surface area contributed by atoms with Gasteiger partial charge in [-0.05, 0) is 42.5 Å². The third-order valence-electron chi connectivity index (χ3n) is 5.60. The molecule has 2 amide bonds. The Balaban J connectivity index is 1.27. The van der Waals surface area contributed by atoms with Crippen molar-refractivity contribution in [2.75, 3.05) is 32.7 Å². The van der Waals surface area contributed by atoms with Gasteiger partial charge in [0, 0.05) is 0 Å². The van der Waals surface area contributed by atoms with E-state index in [-0.39, 0.29) is 17.9 Å². The molecule has 142 valence electrons. The zero-order chi connectivity index (χ0) is 18.6. The summed E-state index contributed by atoms with van der Waals surface area (Å²) < 4.78 is 5.19. The van der Waals surface area contributed by atoms with Gasteiger partial charge >= 0.3 is 0 Å². The molecule has 0 radical (unpaired) electrons. The summed E-state index contributed by atoms with van der Waals surface area (Å²) in [6, 6.07) is 11.9. The van der Waals surface area contributed by atoms with Crippen molar-refractivity contribution in [1.82, 2.24) is 10.2 Å². The first-order valence-electron chi connectivity index (χ1n) is 9.74. The maximum absolute atomic E-state index is 12.6. The van der Waals surface area contributed by atoms with Crippen molar-refractivity contribution >= 4 is 11.8 Å². The Bertz CT molecular complexity index is 795. The Morgan fingerprint density at radius 2 is 1.96 bits per heavy atom. The topological polar surface area (TPSA) is 67.0 Å². The fraction of sp³-hybridized carbons (Fsp3) is 0.429. The van der Waals surface area contributed by atoms with E-state index in [0.717, 1.165) is 32.4 Å². The molecule has 1 aromatic heterocycles. The lowest BCUT2D eigenvalue weighted by molar-refractivity contribution is -0.896. The largest absolute Gasteiger partial charge is 0.459 e. The van der Waals surface area contributed by atoms with Crippen LogP contribution < -0.4 is 10.2 Å². The smallest absolute Gasteiger partial charge is 0.289 e. The molecule has 0 unspecified atom stereocenters. The number of furan rings is 1. The van der Waals surface area contributed by atoms with Crippen LogP contribution in [-0.2, 0) is 11.2 Å². The van der Waals surface area contributed by atoms with E-state index < -0.39 is 0 Å². The van der Waals surface area contributed by atoms with Crippen molar-refractivity contribution in [3.63, 3.8) is 0 Å². The molecule has 2 heterocycles. The van der Waals surface area contributed by atoms with Crippen molar-refractivity contribution in [1.29, 1.82) is 0 Å². The van der Waals surface area contributed by atoms with E-state index in [4.69, 9.17) is 4.42 Å². The van der Waals surface area contributed by atoms with E-state index >= 15 is 0 Å². The molecule has 1 aliphatic heterocycles. The second-order valence-electron chi connectivity index (χ2n) is 7.41. The van der Waals surface area contributed by atoms with Gasteiger partial charge in [0.2, 0.25) is 0 Å². The SMILES string of the molecule is O=C(C[NH+]1CCN(C(=O)c2ccco2)CC1)N[C@@H]1CCCc2ccccc21. The van der Waals surface area contributed by atoms with Gasteiger partial charge in [-0.2, -0.15) is 0 Å². The second-order valence-corrected chi connectivity index (χ2v) is 7.41. The molecule has 27 heavy (non-hydrogen) atoms. The van der Waals surface area contributed by atoms with Crippen LogP contribution in [-0.4, -0.2) is 49.4 Å². The van der Waals surface area contributed by atoms with Crippen molar-refractivity contribution in [3.8, 4) is 0 Å². The number of quaternary nitrogens is 1. The molecule has 1 saturated heterocycles. The molecule has 1 fully saturated rings. The number of aryl methyl sites for hydroxylation is 1. The number of rotatable bonds is 4. The van der Waals surface area contributed by atoms with Gasteiger partial charge in [0.25, 0.3) is 11.8 Å². The molecular weight excluding hydrogens is 342 g/mol. The molecule has 6 nitrogen and oxygen atoms in total. The Kier molecular flexibility index (Phi) is 5.25. The molecule has 0 spiro atoms. The zero-order valence-corrected chi connectivity index (χ0v) is 15.4. The van der Waals surface area contributed by atoms with E-state index in [2.05, 4.69) is 23.5 Å². The highest BCUT2D eigenvalue weighted by atomic mass is 16.3. The highest BCUT2D eigenvalue weighted by Gasteiger charge is 2.28. The van der Waals surface area contributed by atoms with Crippen molar-refractivity contribution < 1.29 is 18.9 Å². The lowest BCUT2D eigenvalue weighted by Crippen LogP contribution is -3.15. The average molecular weight is 368 g/mol. The summed E-state index contributed by atoms with van der Waals surface area (Å²) >= 11 is 0. The number of benzene rings is 1. The average Bonchev–Trinajstić information content (AvgIpc) is 3.23. The third kappa shape index (κ3) is 4.06. The second kappa shape index (κ2) is 7.96. The summed E-state index contributed by atoms with van der Waals surface area (Å²) in [5.41, 5.74) is 2.62. The minimum Gasteiger partial charge on any atom is -0.459 e. The fourth-order valence-electron chi connectivity index (χ4n) is 4.14. The number of nitrogens with zero attached hydrogens (tertiary/aromatic N) is 1. The van der Waals surface area contributed by atoms with Gasteiger partial charge < -0.3 is 19.5 Å². The Hall–Kier alpha value is -2.60. The molecule has 1 aromatic carbocycles. The van der Waals surface area contributed by atoms with Crippen LogP contribution in [0.3, 0.4) is 0 Å². The van der Waals surface area contributed by atoms with E-state index in [1.165, 1.54) is 22.3 Å². The number of hydrogen-bond donors (Lipinski definition) is 2. The molecule has 1 aliphatic carbocycles. The molecular formula is C21H26N3O3+.